The summed E-state index contributed by atoms with van der Waals surface area (Å²) < 4.78 is 15.3. The van der Waals surface area contributed by atoms with Crippen molar-refractivity contribution in [1.82, 2.24) is 5.16 Å². The third-order valence-electron chi connectivity index (χ3n) is 3.63. The zero-order valence-electron chi connectivity index (χ0n) is 13.0. The van der Waals surface area contributed by atoms with Crippen LogP contribution in [0.15, 0.2) is 38.0 Å². The molecule has 0 fully saturated rings. The van der Waals surface area contributed by atoms with Crippen LogP contribution in [0, 0.1) is 20.8 Å². The predicted octanol–water partition coefficient (Wildman–Crippen LogP) is 3.06. The first-order chi connectivity index (χ1) is 10.9. The Labute approximate surface area is 131 Å². The van der Waals surface area contributed by atoms with Crippen molar-refractivity contribution >= 4 is 16.9 Å². The van der Waals surface area contributed by atoms with E-state index in [9.17, 15) is 9.59 Å². The van der Waals surface area contributed by atoms with E-state index in [2.05, 4.69) is 5.16 Å². The second-order valence-electron chi connectivity index (χ2n) is 5.43. The molecule has 0 aliphatic heterocycles. The number of rotatable bonds is 3. The summed E-state index contributed by atoms with van der Waals surface area (Å²) in [6.07, 6.45) is 0. The Morgan fingerprint density at radius 3 is 2.57 bits per heavy atom. The van der Waals surface area contributed by atoms with Crippen LogP contribution in [-0.4, -0.2) is 11.1 Å². The number of carbonyl (C=O) groups is 1. The third-order valence-corrected chi connectivity index (χ3v) is 3.63. The highest BCUT2D eigenvalue weighted by Crippen LogP contribution is 2.22. The summed E-state index contributed by atoms with van der Waals surface area (Å²) >= 11 is 0. The van der Waals surface area contributed by atoms with E-state index in [0.29, 0.717) is 16.8 Å². The van der Waals surface area contributed by atoms with Crippen molar-refractivity contribution in [1.29, 1.82) is 0 Å². The largest absolute Gasteiger partial charge is 0.455 e. The highest BCUT2D eigenvalue weighted by atomic mass is 16.6. The van der Waals surface area contributed by atoms with Gasteiger partial charge in [0.25, 0.3) is 0 Å². The first-order valence-corrected chi connectivity index (χ1v) is 7.08. The van der Waals surface area contributed by atoms with Gasteiger partial charge in [-0.25, -0.2) is 9.59 Å². The van der Waals surface area contributed by atoms with Gasteiger partial charge in [-0.1, -0.05) is 5.16 Å². The molecule has 2 heterocycles. The summed E-state index contributed by atoms with van der Waals surface area (Å²) in [5, 5.41) is 4.38. The SMILES string of the molecule is Cc1cc(C(=O)OCc2cc(=O)oc3cc(C)c(C)cc23)on1. The van der Waals surface area contributed by atoms with Crippen molar-refractivity contribution in [2.45, 2.75) is 27.4 Å². The molecular weight excluding hydrogens is 298 g/mol. The molecule has 23 heavy (non-hydrogen) atoms. The Morgan fingerprint density at radius 1 is 1.13 bits per heavy atom. The van der Waals surface area contributed by atoms with Gasteiger partial charge in [0.1, 0.15) is 12.2 Å². The van der Waals surface area contributed by atoms with Crippen molar-refractivity contribution < 1.29 is 18.5 Å². The number of carbonyl (C=O) groups excluding carboxylic acids is 1. The zero-order chi connectivity index (χ0) is 16.6. The fourth-order valence-electron chi connectivity index (χ4n) is 2.28. The van der Waals surface area contributed by atoms with Gasteiger partial charge in [-0.15, -0.1) is 0 Å². The minimum absolute atomic E-state index is 0.0294. The lowest BCUT2D eigenvalue weighted by Crippen LogP contribution is -2.07. The van der Waals surface area contributed by atoms with Gasteiger partial charge in [0.2, 0.25) is 5.76 Å². The lowest BCUT2D eigenvalue weighted by atomic mass is 10.0. The summed E-state index contributed by atoms with van der Waals surface area (Å²) in [5.41, 5.74) is 3.25. The van der Waals surface area contributed by atoms with E-state index in [1.165, 1.54) is 12.1 Å². The Kier molecular flexibility index (Phi) is 3.73. The van der Waals surface area contributed by atoms with Gasteiger partial charge in [0.05, 0.1) is 5.69 Å². The van der Waals surface area contributed by atoms with Gasteiger partial charge < -0.3 is 13.7 Å². The molecule has 118 valence electrons. The molecule has 0 unspecified atom stereocenters. The van der Waals surface area contributed by atoms with Crippen LogP contribution in [0.4, 0.5) is 0 Å². The number of esters is 1. The molecule has 3 rings (SSSR count). The Bertz CT molecular complexity index is 951. The first-order valence-electron chi connectivity index (χ1n) is 7.08. The average molecular weight is 313 g/mol. The molecule has 0 aliphatic carbocycles. The van der Waals surface area contributed by atoms with Crippen LogP contribution in [0.1, 0.15) is 32.9 Å². The van der Waals surface area contributed by atoms with Gasteiger partial charge in [-0.2, -0.15) is 0 Å². The van der Waals surface area contributed by atoms with E-state index in [1.54, 1.807) is 13.0 Å². The van der Waals surface area contributed by atoms with E-state index < -0.39 is 11.6 Å². The van der Waals surface area contributed by atoms with Crippen molar-refractivity contribution in [3.63, 3.8) is 0 Å². The number of aromatic nitrogens is 1. The van der Waals surface area contributed by atoms with E-state index in [-0.39, 0.29) is 12.4 Å². The maximum absolute atomic E-state index is 11.9. The maximum atomic E-state index is 11.9. The van der Waals surface area contributed by atoms with Crippen LogP contribution in [-0.2, 0) is 11.3 Å². The third kappa shape index (κ3) is 3.01. The molecule has 2 aromatic heterocycles. The van der Waals surface area contributed by atoms with Crippen LogP contribution in [0.5, 0.6) is 0 Å². The minimum Gasteiger partial charge on any atom is -0.455 e. The molecule has 0 bridgehead atoms. The number of aryl methyl sites for hydroxylation is 3. The molecule has 3 aromatic rings. The Balaban J connectivity index is 1.92. The molecular formula is C17H15NO5. The Hall–Kier alpha value is -2.89. The van der Waals surface area contributed by atoms with E-state index in [0.717, 1.165) is 16.5 Å². The molecule has 0 atom stereocenters. The van der Waals surface area contributed by atoms with Crippen LogP contribution in [0.25, 0.3) is 11.0 Å². The number of hydrogen-bond donors (Lipinski definition) is 0. The number of hydrogen-bond acceptors (Lipinski definition) is 6. The summed E-state index contributed by atoms with van der Waals surface area (Å²) in [6, 6.07) is 6.54. The highest BCUT2D eigenvalue weighted by molar-refractivity contribution is 5.87. The van der Waals surface area contributed by atoms with Gasteiger partial charge in [-0.05, 0) is 44.0 Å². The van der Waals surface area contributed by atoms with Crippen molar-refractivity contribution in [3.8, 4) is 0 Å². The predicted molar refractivity (Wildman–Crippen MR) is 82.3 cm³/mol. The molecule has 0 N–H and O–H groups in total. The highest BCUT2D eigenvalue weighted by Gasteiger charge is 2.15. The van der Waals surface area contributed by atoms with Gasteiger partial charge in [0.15, 0.2) is 0 Å². The van der Waals surface area contributed by atoms with E-state index in [1.807, 2.05) is 19.9 Å². The quantitative estimate of drug-likeness (QED) is 0.546. The number of ether oxygens (including phenoxy) is 1. The zero-order valence-corrected chi connectivity index (χ0v) is 13.0. The maximum Gasteiger partial charge on any atom is 0.377 e. The monoisotopic (exact) mass is 313 g/mol. The van der Waals surface area contributed by atoms with Crippen LogP contribution in [0.3, 0.4) is 0 Å². The normalized spacial score (nSPS) is 10.9. The van der Waals surface area contributed by atoms with Crippen LogP contribution in [0.2, 0.25) is 0 Å². The van der Waals surface area contributed by atoms with E-state index in [4.69, 9.17) is 13.7 Å². The summed E-state index contributed by atoms with van der Waals surface area (Å²) in [6.45, 7) is 5.56. The topological polar surface area (TPSA) is 82.5 Å². The van der Waals surface area contributed by atoms with Crippen LogP contribution >= 0.6 is 0 Å². The molecule has 0 saturated carbocycles. The lowest BCUT2D eigenvalue weighted by molar-refractivity contribution is 0.0427. The summed E-state index contributed by atoms with van der Waals surface area (Å²) in [7, 11) is 0. The van der Waals surface area contributed by atoms with Gasteiger partial charge in [-0.3, -0.25) is 0 Å². The first kappa shape index (κ1) is 15.0. The molecule has 1 aromatic carbocycles. The van der Waals surface area contributed by atoms with Crippen molar-refractivity contribution in [2.75, 3.05) is 0 Å². The van der Waals surface area contributed by atoms with Crippen molar-refractivity contribution in [3.05, 3.63) is 62.8 Å². The second kappa shape index (κ2) is 5.72. The van der Waals surface area contributed by atoms with Crippen LogP contribution < -0.4 is 5.63 Å². The fraction of sp³-hybridized carbons (Fsp3) is 0.235. The fourth-order valence-corrected chi connectivity index (χ4v) is 2.28. The molecule has 0 radical (unpaired) electrons. The lowest BCUT2D eigenvalue weighted by Gasteiger charge is -2.08. The molecule has 0 spiro atoms. The number of fused-ring (bicyclic) bond motifs is 1. The number of benzene rings is 1. The summed E-state index contributed by atoms with van der Waals surface area (Å²) in [5.74, 6) is -0.599. The van der Waals surface area contributed by atoms with Gasteiger partial charge >= 0.3 is 11.6 Å². The average Bonchev–Trinajstić information content (AvgIpc) is 2.93. The minimum atomic E-state index is -0.629. The summed E-state index contributed by atoms with van der Waals surface area (Å²) in [4.78, 5) is 23.6. The smallest absolute Gasteiger partial charge is 0.377 e. The second-order valence-corrected chi connectivity index (χ2v) is 5.43. The molecule has 6 heteroatoms. The van der Waals surface area contributed by atoms with Gasteiger partial charge in [0, 0.05) is 23.1 Å². The molecule has 0 saturated heterocycles. The van der Waals surface area contributed by atoms with Crippen molar-refractivity contribution in [2.24, 2.45) is 0 Å². The Morgan fingerprint density at radius 2 is 1.87 bits per heavy atom. The standard InChI is InChI=1S/C17H15NO5/c1-9-4-13-12(7-16(19)22-14(13)5-10(9)2)8-21-17(20)15-6-11(3)18-23-15/h4-7H,8H2,1-3H3. The molecule has 0 aliphatic rings. The van der Waals surface area contributed by atoms with E-state index >= 15 is 0 Å². The molecule has 0 amide bonds. The number of nitrogens with zero attached hydrogens (tertiary/aromatic N) is 1. The molecule has 6 nitrogen and oxygen atoms in total.